The van der Waals surface area contributed by atoms with E-state index in [9.17, 15) is 13.2 Å². The quantitative estimate of drug-likeness (QED) is 0.458. The number of ether oxygens (including phenoxy) is 3. The molecule has 1 aromatic carbocycles. The van der Waals surface area contributed by atoms with Gasteiger partial charge in [0.15, 0.2) is 11.5 Å². The Labute approximate surface area is 231 Å². The SMILES string of the molecule is CN(C)c1cc(Nc2ccc(CN3CCC(N4CCOCC4)CC3)c3c2OCCO3)nc2[nH]cc(C(F)(F)F)c12. The van der Waals surface area contributed by atoms with E-state index in [2.05, 4.69) is 25.1 Å². The molecule has 9 nitrogen and oxygen atoms in total. The van der Waals surface area contributed by atoms with Crippen molar-refractivity contribution in [3.8, 4) is 11.5 Å². The zero-order valence-electron chi connectivity index (χ0n) is 22.8. The fourth-order valence-corrected chi connectivity index (χ4v) is 5.93. The number of benzene rings is 1. The summed E-state index contributed by atoms with van der Waals surface area (Å²) < 4.78 is 58.5. The molecule has 3 aromatic rings. The molecule has 0 amide bonds. The molecule has 5 heterocycles. The van der Waals surface area contributed by atoms with Crippen LogP contribution in [0.25, 0.3) is 11.0 Å². The number of piperidine rings is 1. The number of hydrogen-bond acceptors (Lipinski definition) is 8. The molecule has 216 valence electrons. The van der Waals surface area contributed by atoms with Gasteiger partial charge in [0.1, 0.15) is 24.7 Å². The lowest BCUT2D eigenvalue weighted by molar-refractivity contribution is -0.136. The lowest BCUT2D eigenvalue weighted by atomic mass is 10.0. The molecule has 0 aliphatic carbocycles. The summed E-state index contributed by atoms with van der Waals surface area (Å²) in [7, 11) is 3.42. The largest absolute Gasteiger partial charge is 0.486 e. The summed E-state index contributed by atoms with van der Waals surface area (Å²) in [6, 6.07) is 6.20. The minimum absolute atomic E-state index is 0.0393. The van der Waals surface area contributed by atoms with Crippen molar-refractivity contribution in [2.75, 3.05) is 76.9 Å². The van der Waals surface area contributed by atoms with Gasteiger partial charge in [-0.3, -0.25) is 9.80 Å². The zero-order chi connectivity index (χ0) is 27.9. The Morgan fingerprint density at radius 2 is 1.75 bits per heavy atom. The average Bonchev–Trinajstić information content (AvgIpc) is 3.39. The first-order chi connectivity index (χ1) is 19.3. The van der Waals surface area contributed by atoms with E-state index in [4.69, 9.17) is 14.2 Å². The summed E-state index contributed by atoms with van der Waals surface area (Å²) in [4.78, 5) is 13.8. The maximum absolute atomic E-state index is 13.6. The Balaban J connectivity index is 1.22. The summed E-state index contributed by atoms with van der Waals surface area (Å²) in [5.41, 5.74) is 1.54. The van der Waals surface area contributed by atoms with Crippen LogP contribution in [0.2, 0.25) is 0 Å². The third kappa shape index (κ3) is 5.39. The molecular formula is C28H35F3N6O3. The van der Waals surface area contributed by atoms with E-state index in [1.807, 2.05) is 12.1 Å². The minimum Gasteiger partial charge on any atom is -0.486 e. The van der Waals surface area contributed by atoms with Gasteiger partial charge in [-0.05, 0) is 32.0 Å². The molecule has 0 bridgehead atoms. The van der Waals surface area contributed by atoms with Crippen LogP contribution in [0.1, 0.15) is 24.0 Å². The molecule has 12 heteroatoms. The Hall–Kier alpha value is -3.22. The van der Waals surface area contributed by atoms with Crippen LogP contribution in [-0.2, 0) is 17.5 Å². The summed E-state index contributed by atoms with van der Waals surface area (Å²) in [6.07, 6.45) is -1.25. The van der Waals surface area contributed by atoms with Crippen molar-refractivity contribution in [2.45, 2.75) is 31.6 Å². The second-order valence-electron chi connectivity index (χ2n) is 10.8. The molecule has 6 rings (SSSR count). The van der Waals surface area contributed by atoms with Crippen LogP contribution in [0.5, 0.6) is 11.5 Å². The molecule has 3 aliphatic heterocycles. The lowest BCUT2D eigenvalue weighted by Gasteiger charge is -2.40. The number of rotatable bonds is 6. The molecule has 0 unspecified atom stereocenters. The van der Waals surface area contributed by atoms with Crippen molar-refractivity contribution in [2.24, 2.45) is 0 Å². The molecule has 3 aliphatic rings. The van der Waals surface area contributed by atoms with Crippen LogP contribution in [0.3, 0.4) is 0 Å². The van der Waals surface area contributed by atoms with Crippen molar-refractivity contribution in [1.82, 2.24) is 19.8 Å². The second kappa shape index (κ2) is 11.0. The van der Waals surface area contributed by atoms with Crippen molar-refractivity contribution in [3.63, 3.8) is 0 Å². The number of nitrogens with one attached hydrogen (secondary N) is 2. The molecular weight excluding hydrogens is 525 g/mol. The van der Waals surface area contributed by atoms with Crippen molar-refractivity contribution < 1.29 is 27.4 Å². The summed E-state index contributed by atoms with van der Waals surface area (Å²) >= 11 is 0. The van der Waals surface area contributed by atoms with Crippen LogP contribution in [-0.4, -0.2) is 92.5 Å². The fraction of sp³-hybridized carbons (Fsp3) is 0.536. The first-order valence-electron chi connectivity index (χ1n) is 13.8. The number of H-pyrrole nitrogens is 1. The molecule has 2 fully saturated rings. The van der Waals surface area contributed by atoms with Crippen LogP contribution in [0.15, 0.2) is 24.4 Å². The van der Waals surface area contributed by atoms with Crippen LogP contribution in [0.4, 0.5) is 30.4 Å². The summed E-state index contributed by atoms with van der Waals surface area (Å²) in [5, 5.41) is 3.31. The highest BCUT2D eigenvalue weighted by Gasteiger charge is 2.35. The number of morpholine rings is 1. The number of halogens is 3. The molecule has 0 radical (unpaired) electrons. The lowest BCUT2D eigenvalue weighted by Crippen LogP contribution is -2.48. The number of anilines is 3. The maximum atomic E-state index is 13.6. The van der Waals surface area contributed by atoms with E-state index >= 15 is 0 Å². The van der Waals surface area contributed by atoms with Crippen molar-refractivity contribution in [3.05, 3.63) is 35.5 Å². The molecule has 2 N–H and O–H groups in total. The van der Waals surface area contributed by atoms with Crippen molar-refractivity contribution >= 4 is 28.2 Å². The highest BCUT2D eigenvalue weighted by molar-refractivity contribution is 5.95. The van der Waals surface area contributed by atoms with E-state index in [1.165, 1.54) is 0 Å². The number of likely N-dealkylation sites (tertiary alicyclic amines) is 1. The molecule has 0 spiro atoms. The fourth-order valence-electron chi connectivity index (χ4n) is 5.93. The van der Waals surface area contributed by atoms with E-state index in [1.54, 1.807) is 25.1 Å². The number of fused-ring (bicyclic) bond motifs is 2. The molecule has 40 heavy (non-hydrogen) atoms. The van der Waals surface area contributed by atoms with Gasteiger partial charge >= 0.3 is 6.18 Å². The maximum Gasteiger partial charge on any atom is 0.418 e. The van der Waals surface area contributed by atoms with Gasteiger partial charge in [0.05, 0.1) is 35.5 Å². The smallest absolute Gasteiger partial charge is 0.418 e. The number of alkyl halides is 3. The Morgan fingerprint density at radius 3 is 2.45 bits per heavy atom. The average molecular weight is 561 g/mol. The van der Waals surface area contributed by atoms with Crippen LogP contribution >= 0.6 is 0 Å². The predicted molar refractivity (Wildman–Crippen MR) is 147 cm³/mol. The van der Waals surface area contributed by atoms with Gasteiger partial charge in [0.2, 0.25) is 0 Å². The molecule has 0 saturated carbocycles. The van der Waals surface area contributed by atoms with Gasteiger partial charge in [-0.15, -0.1) is 0 Å². The number of hydrogen-bond donors (Lipinski definition) is 2. The minimum atomic E-state index is -4.49. The van der Waals surface area contributed by atoms with Gasteiger partial charge in [-0.25, -0.2) is 4.98 Å². The van der Waals surface area contributed by atoms with E-state index in [-0.39, 0.29) is 11.0 Å². The monoisotopic (exact) mass is 560 g/mol. The topological polar surface area (TPSA) is 78.1 Å². The van der Waals surface area contributed by atoms with Gasteiger partial charge in [0, 0.05) is 57.6 Å². The normalized spacial score (nSPS) is 19.2. The molecule has 2 aromatic heterocycles. The van der Waals surface area contributed by atoms with Gasteiger partial charge < -0.3 is 29.4 Å². The summed E-state index contributed by atoms with van der Waals surface area (Å²) in [5.74, 6) is 1.71. The highest BCUT2D eigenvalue weighted by atomic mass is 19.4. The second-order valence-corrected chi connectivity index (χ2v) is 10.8. The summed E-state index contributed by atoms with van der Waals surface area (Å²) in [6.45, 7) is 7.35. The van der Waals surface area contributed by atoms with Gasteiger partial charge in [0.25, 0.3) is 0 Å². The molecule has 2 saturated heterocycles. The standard InChI is InChI=1S/C28H35F3N6O3/c1-35(2)22-15-23(34-27-24(22)20(16-32-27)28(29,30)31)33-21-4-3-18(25-26(21)40-14-13-39-25)17-36-7-5-19(6-8-36)37-9-11-38-12-10-37/h3-4,15-16,19H,5-14,17H2,1-2H3,(H2,32,33,34). The Morgan fingerprint density at radius 1 is 1.02 bits per heavy atom. The third-order valence-corrected chi connectivity index (χ3v) is 7.95. The zero-order valence-corrected chi connectivity index (χ0v) is 22.8. The van der Waals surface area contributed by atoms with Crippen LogP contribution < -0.4 is 19.7 Å². The first-order valence-corrected chi connectivity index (χ1v) is 13.8. The highest BCUT2D eigenvalue weighted by Crippen LogP contribution is 2.44. The number of pyridine rings is 1. The number of nitrogens with zero attached hydrogens (tertiary/aromatic N) is 4. The van der Waals surface area contributed by atoms with E-state index in [0.717, 1.165) is 70.5 Å². The number of aromatic nitrogens is 2. The Kier molecular flexibility index (Phi) is 7.41. The first kappa shape index (κ1) is 27.0. The van der Waals surface area contributed by atoms with E-state index in [0.29, 0.717) is 47.9 Å². The van der Waals surface area contributed by atoms with Gasteiger partial charge in [-0.1, -0.05) is 6.07 Å². The van der Waals surface area contributed by atoms with E-state index < -0.39 is 11.7 Å². The van der Waals surface area contributed by atoms with Crippen LogP contribution in [0, 0.1) is 0 Å². The predicted octanol–water partition coefficient (Wildman–Crippen LogP) is 4.46. The molecule has 0 atom stereocenters. The van der Waals surface area contributed by atoms with Gasteiger partial charge in [-0.2, -0.15) is 13.2 Å². The third-order valence-electron chi connectivity index (χ3n) is 7.95. The number of aromatic amines is 1. The Bertz CT molecular complexity index is 1350. The van der Waals surface area contributed by atoms with Crippen molar-refractivity contribution in [1.29, 1.82) is 0 Å².